The molecule has 0 saturated heterocycles. The average Bonchev–Trinajstić information content (AvgIpc) is 2.91. The predicted octanol–water partition coefficient (Wildman–Crippen LogP) is 6.17. The molecule has 0 fully saturated rings. The van der Waals surface area contributed by atoms with Crippen molar-refractivity contribution < 1.29 is 14.6 Å². The number of aryl methyl sites for hydroxylation is 2. The number of carboxylic acid groups (broad SMARTS) is 1. The maximum absolute atomic E-state index is 12.1. The van der Waals surface area contributed by atoms with Gasteiger partial charge in [-0.3, -0.25) is 0 Å². The Morgan fingerprint density at radius 1 is 1.22 bits per heavy atom. The molecule has 0 bridgehead atoms. The van der Waals surface area contributed by atoms with Crippen LogP contribution in [0.4, 0.5) is 0 Å². The van der Waals surface area contributed by atoms with E-state index in [0.717, 1.165) is 26.2 Å². The fourth-order valence-corrected chi connectivity index (χ4v) is 4.20. The number of hydrogen-bond donors (Lipinski definition) is 1. The van der Waals surface area contributed by atoms with Crippen molar-refractivity contribution in [3.05, 3.63) is 51.5 Å². The van der Waals surface area contributed by atoms with E-state index < -0.39 is 17.7 Å². The van der Waals surface area contributed by atoms with Gasteiger partial charge in [0.2, 0.25) is 0 Å². The van der Waals surface area contributed by atoms with E-state index in [1.54, 1.807) is 11.3 Å². The average molecular weight is 404 g/mol. The van der Waals surface area contributed by atoms with Crippen LogP contribution in [0.5, 0.6) is 0 Å². The normalized spacial score (nSPS) is 13.1. The number of fused-ring (bicyclic) bond motifs is 1. The van der Waals surface area contributed by atoms with Gasteiger partial charge in [-0.05, 0) is 58.4 Å². The van der Waals surface area contributed by atoms with Gasteiger partial charge < -0.3 is 9.84 Å². The number of aliphatic carboxylic acids is 1. The predicted molar refractivity (Wildman–Crippen MR) is 111 cm³/mol. The summed E-state index contributed by atoms with van der Waals surface area (Å²) < 4.78 is 5.95. The highest BCUT2D eigenvalue weighted by Gasteiger charge is 2.32. The molecule has 0 unspecified atom stereocenters. The number of pyridine rings is 1. The smallest absolute Gasteiger partial charge is 0.337 e. The van der Waals surface area contributed by atoms with Gasteiger partial charge in [0.1, 0.15) is 4.83 Å². The van der Waals surface area contributed by atoms with Crippen LogP contribution in [0.3, 0.4) is 0 Å². The maximum atomic E-state index is 12.1. The zero-order valence-electron chi connectivity index (χ0n) is 16.0. The minimum absolute atomic E-state index is 0.588. The molecule has 0 aliphatic carbocycles. The van der Waals surface area contributed by atoms with Gasteiger partial charge in [-0.15, -0.1) is 11.3 Å². The van der Waals surface area contributed by atoms with E-state index in [4.69, 9.17) is 16.3 Å². The molecular formula is C21H22ClNO3S. The number of ether oxygens (including phenoxy) is 1. The molecule has 0 amide bonds. The number of nitrogens with zero attached hydrogens (tertiary/aromatic N) is 1. The third kappa shape index (κ3) is 4.15. The van der Waals surface area contributed by atoms with Crippen LogP contribution >= 0.6 is 22.9 Å². The molecule has 4 nitrogen and oxygen atoms in total. The van der Waals surface area contributed by atoms with E-state index in [2.05, 4.69) is 11.1 Å². The van der Waals surface area contributed by atoms with Crippen molar-refractivity contribution in [2.75, 3.05) is 0 Å². The number of thiophene rings is 1. The first-order chi connectivity index (χ1) is 12.6. The summed E-state index contributed by atoms with van der Waals surface area (Å²) in [5, 5.41) is 11.5. The summed E-state index contributed by atoms with van der Waals surface area (Å²) in [5.74, 6) is -1.03. The highest BCUT2D eigenvalue weighted by molar-refractivity contribution is 7.18. The maximum Gasteiger partial charge on any atom is 0.337 e. The first-order valence-electron chi connectivity index (χ1n) is 8.64. The monoisotopic (exact) mass is 403 g/mol. The minimum atomic E-state index is -1.12. The molecule has 3 aromatic rings. The number of hydrogen-bond acceptors (Lipinski definition) is 4. The zero-order valence-corrected chi connectivity index (χ0v) is 17.5. The Kier molecular flexibility index (Phi) is 5.30. The van der Waals surface area contributed by atoms with Gasteiger partial charge in [-0.25, -0.2) is 9.78 Å². The third-order valence-corrected chi connectivity index (χ3v) is 5.32. The molecule has 1 atom stereocenters. The van der Waals surface area contributed by atoms with Crippen molar-refractivity contribution in [3.63, 3.8) is 0 Å². The van der Waals surface area contributed by atoms with E-state index in [1.807, 2.05) is 58.9 Å². The number of carbonyl (C=O) groups is 1. The quantitative estimate of drug-likeness (QED) is 0.565. The molecule has 6 heteroatoms. The molecule has 1 N–H and O–H groups in total. The summed E-state index contributed by atoms with van der Waals surface area (Å²) >= 11 is 7.66. The van der Waals surface area contributed by atoms with Crippen LogP contribution in [-0.4, -0.2) is 21.7 Å². The molecule has 2 aromatic heterocycles. The number of halogens is 1. The lowest BCUT2D eigenvalue weighted by Gasteiger charge is -2.27. The van der Waals surface area contributed by atoms with E-state index in [-0.39, 0.29) is 0 Å². The van der Waals surface area contributed by atoms with E-state index in [1.165, 1.54) is 0 Å². The van der Waals surface area contributed by atoms with Crippen LogP contribution in [0, 0.1) is 13.8 Å². The van der Waals surface area contributed by atoms with Crippen molar-refractivity contribution in [1.82, 2.24) is 4.98 Å². The molecule has 3 rings (SSSR count). The topological polar surface area (TPSA) is 59.4 Å². The highest BCUT2D eigenvalue weighted by Crippen LogP contribution is 2.41. The third-order valence-electron chi connectivity index (χ3n) is 4.12. The Hall–Kier alpha value is -1.95. The van der Waals surface area contributed by atoms with Gasteiger partial charge in [0.25, 0.3) is 0 Å². The fourth-order valence-electron chi connectivity index (χ4n) is 3.14. The minimum Gasteiger partial charge on any atom is -0.479 e. The van der Waals surface area contributed by atoms with Gasteiger partial charge in [-0.2, -0.15) is 0 Å². The Morgan fingerprint density at radius 2 is 1.85 bits per heavy atom. The summed E-state index contributed by atoms with van der Waals surface area (Å²) in [6.45, 7) is 9.40. The molecular weight excluding hydrogens is 382 g/mol. The molecule has 0 radical (unpaired) electrons. The van der Waals surface area contributed by atoms with Crippen LogP contribution < -0.4 is 0 Å². The lowest BCUT2D eigenvalue weighted by Crippen LogP contribution is -2.28. The molecule has 142 valence electrons. The van der Waals surface area contributed by atoms with E-state index in [9.17, 15) is 9.90 Å². The van der Waals surface area contributed by atoms with Crippen LogP contribution in [-0.2, 0) is 9.53 Å². The summed E-state index contributed by atoms with van der Waals surface area (Å²) in [6.07, 6.45) is -1.12. The second-order valence-corrected chi connectivity index (χ2v) is 9.19. The summed E-state index contributed by atoms with van der Waals surface area (Å²) in [5.41, 5.74) is 2.37. The zero-order chi connectivity index (χ0) is 19.9. The second kappa shape index (κ2) is 7.23. The fraction of sp³-hybridized carbons (Fsp3) is 0.333. The van der Waals surface area contributed by atoms with E-state index in [0.29, 0.717) is 16.3 Å². The Bertz CT molecular complexity index is 1000. The lowest BCUT2D eigenvalue weighted by molar-refractivity contribution is -0.160. The van der Waals surface area contributed by atoms with Crippen molar-refractivity contribution in [3.8, 4) is 11.1 Å². The molecule has 0 spiro atoms. The number of aromatic nitrogens is 1. The largest absolute Gasteiger partial charge is 0.479 e. The Morgan fingerprint density at radius 3 is 2.41 bits per heavy atom. The van der Waals surface area contributed by atoms with Crippen molar-refractivity contribution >= 4 is 39.1 Å². The van der Waals surface area contributed by atoms with Crippen LogP contribution in [0.1, 0.15) is 43.0 Å². The van der Waals surface area contributed by atoms with Gasteiger partial charge in [0.05, 0.1) is 5.60 Å². The van der Waals surface area contributed by atoms with Crippen LogP contribution in [0.2, 0.25) is 5.02 Å². The Balaban J connectivity index is 2.36. The SMILES string of the molecule is Cc1cc2c(-c3ccc(Cl)cc3)c([C@@H](OC(C)(C)C)C(=O)O)c(C)nc2s1. The Labute approximate surface area is 167 Å². The highest BCUT2D eigenvalue weighted by atomic mass is 35.5. The number of carboxylic acids is 1. The molecule has 0 saturated carbocycles. The van der Waals surface area contributed by atoms with Crippen molar-refractivity contribution in [2.24, 2.45) is 0 Å². The lowest BCUT2D eigenvalue weighted by atomic mass is 9.92. The van der Waals surface area contributed by atoms with Gasteiger partial charge in [-0.1, -0.05) is 23.7 Å². The number of rotatable bonds is 4. The standard InChI is InChI=1S/C21H22ClNO3S/c1-11-10-15-17(13-6-8-14(22)9-7-13)16(12(2)23-19(15)27-11)18(20(24)25)26-21(3,4)5/h6-10,18H,1-5H3,(H,24,25)/t18-/m1/s1. The molecule has 2 heterocycles. The van der Waals surface area contributed by atoms with Crippen LogP contribution in [0.15, 0.2) is 30.3 Å². The molecule has 1 aromatic carbocycles. The summed E-state index contributed by atoms with van der Waals surface area (Å²) in [7, 11) is 0. The van der Waals surface area contributed by atoms with Gasteiger partial charge in [0, 0.05) is 32.1 Å². The molecule has 0 aliphatic rings. The van der Waals surface area contributed by atoms with Crippen molar-refractivity contribution in [1.29, 1.82) is 0 Å². The first-order valence-corrected chi connectivity index (χ1v) is 9.83. The van der Waals surface area contributed by atoms with E-state index >= 15 is 0 Å². The first kappa shape index (κ1) is 19.8. The van der Waals surface area contributed by atoms with Gasteiger partial charge >= 0.3 is 5.97 Å². The van der Waals surface area contributed by atoms with Crippen molar-refractivity contribution in [2.45, 2.75) is 46.3 Å². The summed E-state index contributed by atoms with van der Waals surface area (Å²) in [4.78, 5) is 18.8. The molecule has 27 heavy (non-hydrogen) atoms. The second-order valence-electron chi connectivity index (χ2n) is 7.52. The van der Waals surface area contributed by atoms with Crippen LogP contribution in [0.25, 0.3) is 21.3 Å². The van der Waals surface area contributed by atoms with Gasteiger partial charge in [0.15, 0.2) is 6.10 Å². The summed E-state index contributed by atoms with van der Waals surface area (Å²) in [6, 6.07) is 9.48. The molecule has 0 aliphatic heterocycles. The number of benzene rings is 1.